The first-order valence-electron chi connectivity index (χ1n) is 6.02. The molecule has 0 aromatic heterocycles. The number of ether oxygens (including phenoxy) is 1. The standard InChI is InChI=1S/C15H20O2/c1-5-7-13-10-12(14(16)6-2)8-9-15(13)17-11(3)4/h5,8-11H,1,6-7H2,2-4H3. The number of Topliss-reactive ketones (excluding diaryl/α,β-unsaturated/α-hetero) is 1. The molecule has 92 valence electrons. The Morgan fingerprint density at radius 3 is 2.71 bits per heavy atom. The summed E-state index contributed by atoms with van der Waals surface area (Å²) in [6.45, 7) is 9.58. The van der Waals surface area contributed by atoms with E-state index in [1.165, 1.54) is 0 Å². The van der Waals surface area contributed by atoms with E-state index in [4.69, 9.17) is 4.74 Å². The molecule has 0 radical (unpaired) electrons. The highest BCUT2D eigenvalue weighted by Crippen LogP contribution is 2.23. The molecule has 1 aromatic rings. The molecule has 0 heterocycles. The van der Waals surface area contributed by atoms with Crippen LogP contribution in [0.25, 0.3) is 0 Å². The van der Waals surface area contributed by atoms with Crippen molar-refractivity contribution in [3.05, 3.63) is 42.0 Å². The average molecular weight is 232 g/mol. The monoisotopic (exact) mass is 232 g/mol. The molecule has 0 amide bonds. The van der Waals surface area contributed by atoms with Crippen LogP contribution in [0.2, 0.25) is 0 Å². The fraction of sp³-hybridized carbons (Fsp3) is 0.400. The van der Waals surface area contributed by atoms with Gasteiger partial charge in [0.15, 0.2) is 5.78 Å². The summed E-state index contributed by atoms with van der Waals surface area (Å²) >= 11 is 0. The molecule has 0 saturated carbocycles. The molecule has 1 aromatic carbocycles. The van der Waals surface area contributed by atoms with Gasteiger partial charge in [-0.15, -0.1) is 6.58 Å². The van der Waals surface area contributed by atoms with Gasteiger partial charge in [0.2, 0.25) is 0 Å². The quantitative estimate of drug-likeness (QED) is 0.551. The summed E-state index contributed by atoms with van der Waals surface area (Å²) in [7, 11) is 0. The van der Waals surface area contributed by atoms with Crippen molar-refractivity contribution in [1.29, 1.82) is 0 Å². The Balaban J connectivity index is 3.07. The van der Waals surface area contributed by atoms with Crippen molar-refractivity contribution in [2.75, 3.05) is 0 Å². The molecule has 0 unspecified atom stereocenters. The van der Waals surface area contributed by atoms with Crippen LogP contribution in [-0.4, -0.2) is 11.9 Å². The highest BCUT2D eigenvalue weighted by Gasteiger charge is 2.09. The van der Waals surface area contributed by atoms with Crippen LogP contribution >= 0.6 is 0 Å². The third-order valence-corrected chi connectivity index (χ3v) is 2.43. The Labute approximate surface area is 103 Å². The Hall–Kier alpha value is -1.57. The van der Waals surface area contributed by atoms with Crippen molar-refractivity contribution in [2.45, 2.75) is 39.7 Å². The zero-order valence-electron chi connectivity index (χ0n) is 10.8. The minimum atomic E-state index is 0.131. The summed E-state index contributed by atoms with van der Waals surface area (Å²) in [6, 6.07) is 5.61. The van der Waals surface area contributed by atoms with Gasteiger partial charge in [-0.1, -0.05) is 13.0 Å². The highest BCUT2D eigenvalue weighted by atomic mass is 16.5. The molecule has 2 heteroatoms. The average Bonchev–Trinajstić information content (AvgIpc) is 2.30. The fourth-order valence-corrected chi connectivity index (χ4v) is 1.64. The second kappa shape index (κ2) is 6.24. The smallest absolute Gasteiger partial charge is 0.162 e. The number of carbonyl (C=O) groups is 1. The van der Waals surface area contributed by atoms with Crippen LogP contribution in [0.15, 0.2) is 30.9 Å². The van der Waals surface area contributed by atoms with Crippen LogP contribution in [0.5, 0.6) is 5.75 Å². The molecule has 0 bridgehead atoms. The number of rotatable bonds is 6. The lowest BCUT2D eigenvalue weighted by Gasteiger charge is -2.14. The molecule has 1 rings (SSSR count). The van der Waals surface area contributed by atoms with Gasteiger partial charge in [0, 0.05) is 12.0 Å². The molecule has 0 aliphatic heterocycles. The van der Waals surface area contributed by atoms with Crippen molar-refractivity contribution >= 4 is 5.78 Å². The third-order valence-electron chi connectivity index (χ3n) is 2.43. The Morgan fingerprint density at radius 1 is 1.47 bits per heavy atom. The second-order valence-corrected chi connectivity index (χ2v) is 4.26. The molecule has 0 aliphatic rings. The summed E-state index contributed by atoms with van der Waals surface area (Å²) in [5, 5.41) is 0. The molecule has 0 saturated heterocycles. The van der Waals surface area contributed by atoms with Crippen LogP contribution in [0.4, 0.5) is 0 Å². The topological polar surface area (TPSA) is 26.3 Å². The zero-order valence-corrected chi connectivity index (χ0v) is 10.8. The van der Waals surface area contributed by atoms with E-state index in [-0.39, 0.29) is 11.9 Å². The van der Waals surface area contributed by atoms with E-state index < -0.39 is 0 Å². The summed E-state index contributed by atoms with van der Waals surface area (Å²) in [6.07, 6.45) is 3.19. The third kappa shape index (κ3) is 3.74. The fourth-order valence-electron chi connectivity index (χ4n) is 1.64. The lowest BCUT2D eigenvalue weighted by atomic mass is 10.0. The molecule has 0 aliphatic carbocycles. The minimum absolute atomic E-state index is 0.131. The zero-order chi connectivity index (χ0) is 12.8. The van der Waals surface area contributed by atoms with Crippen molar-refractivity contribution in [3.8, 4) is 5.75 Å². The SMILES string of the molecule is C=CCc1cc(C(=O)CC)ccc1OC(C)C. The van der Waals surface area contributed by atoms with E-state index in [9.17, 15) is 4.79 Å². The van der Waals surface area contributed by atoms with Crippen LogP contribution < -0.4 is 4.74 Å². The second-order valence-electron chi connectivity index (χ2n) is 4.26. The Kier molecular flexibility index (Phi) is 4.95. The summed E-state index contributed by atoms with van der Waals surface area (Å²) in [5.74, 6) is 0.999. The number of ketones is 1. The van der Waals surface area contributed by atoms with Gasteiger partial charge in [0.1, 0.15) is 5.75 Å². The summed E-state index contributed by atoms with van der Waals surface area (Å²) in [5.41, 5.74) is 1.77. The molecular weight excluding hydrogens is 212 g/mol. The lowest BCUT2D eigenvalue weighted by molar-refractivity contribution is 0.0988. The summed E-state index contributed by atoms with van der Waals surface area (Å²) < 4.78 is 5.71. The molecule has 2 nitrogen and oxygen atoms in total. The van der Waals surface area contributed by atoms with E-state index in [1.807, 2.05) is 45.0 Å². The van der Waals surface area contributed by atoms with Gasteiger partial charge in [0.05, 0.1) is 6.10 Å². The lowest BCUT2D eigenvalue weighted by Crippen LogP contribution is -2.08. The molecule has 17 heavy (non-hydrogen) atoms. The van der Waals surface area contributed by atoms with E-state index in [2.05, 4.69) is 6.58 Å². The maximum atomic E-state index is 11.6. The van der Waals surface area contributed by atoms with Gasteiger partial charge in [-0.05, 0) is 44.0 Å². The number of allylic oxidation sites excluding steroid dienone is 1. The molecule has 0 spiro atoms. The van der Waals surface area contributed by atoms with Crippen molar-refractivity contribution in [2.24, 2.45) is 0 Å². The van der Waals surface area contributed by atoms with Gasteiger partial charge >= 0.3 is 0 Å². The van der Waals surface area contributed by atoms with E-state index in [0.717, 1.165) is 16.9 Å². The first-order chi connectivity index (χ1) is 8.08. The van der Waals surface area contributed by atoms with E-state index in [1.54, 1.807) is 0 Å². The number of carbonyl (C=O) groups excluding carboxylic acids is 1. The molecule has 0 N–H and O–H groups in total. The first-order valence-corrected chi connectivity index (χ1v) is 6.02. The Morgan fingerprint density at radius 2 is 2.18 bits per heavy atom. The van der Waals surface area contributed by atoms with Crippen LogP contribution in [0.1, 0.15) is 43.1 Å². The van der Waals surface area contributed by atoms with Gasteiger partial charge in [-0.3, -0.25) is 4.79 Å². The molecule has 0 atom stereocenters. The normalized spacial score (nSPS) is 10.4. The van der Waals surface area contributed by atoms with Gasteiger partial charge in [-0.2, -0.15) is 0 Å². The predicted octanol–water partition coefficient (Wildman–Crippen LogP) is 3.80. The first kappa shape index (κ1) is 13.5. The summed E-state index contributed by atoms with van der Waals surface area (Å²) in [4.78, 5) is 11.6. The Bertz CT molecular complexity index is 405. The van der Waals surface area contributed by atoms with Crippen LogP contribution in [-0.2, 0) is 6.42 Å². The van der Waals surface area contributed by atoms with Gasteiger partial charge < -0.3 is 4.74 Å². The predicted molar refractivity (Wildman–Crippen MR) is 70.7 cm³/mol. The van der Waals surface area contributed by atoms with Gasteiger partial charge in [0.25, 0.3) is 0 Å². The van der Waals surface area contributed by atoms with Crippen molar-refractivity contribution < 1.29 is 9.53 Å². The number of hydrogen-bond donors (Lipinski definition) is 0. The largest absolute Gasteiger partial charge is 0.491 e. The van der Waals surface area contributed by atoms with Crippen molar-refractivity contribution in [3.63, 3.8) is 0 Å². The maximum Gasteiger partial charge on any atom is 0.162 e. The van der Waals surface area contributed by atoms with E-state index in [0.29, 0.717) is 12.8 Å². The maximum absolute atomic E-state index is 11.6. The minimum Gasteiger partial charge on any atom is -0.491 e. The van der Waals surface area contributed by atoms with Crippen molar-refractivity contribution in [1.82, 2.24) is 0 Å². The van der Waals surface area contributed by atoms with Crippen LogP contribution in [0, 0.1) is 0 Å². The van der Waals surface area contributed by atoms with E-state index >= 15 is 0 Å². The van der Waals surface area contributed by atoms with Gasteiger partial charge in [-0.25, -0.2) is 0 Å². The van der Waals surface area contributed by atoms with Crippen LogP contribution in [0.3, 0.4) is 0 Å². The molecule has 0 fully saturated rings. The molecular formula is C15H20O2. The number of hydrogen-bond acceptors (Lipinski definition) is 2. The highest BCUT2D eigenvalue weighted by molar-refractivity contribution is 5.96. The number of benzene rings is 1.